The second kappa shape index (κ2) is 7.21. The fraction of sp³-hybridized carbons (Fsp3) is 0.400. The van der Waals surface area contributed by atoms with Crippen molar-refractivity contribution in [3.05, 3.63) is 47.0 Å². The van der Waals surface area contributed by atoms with Crippen LogP contribution in [0.1, 0.15) is 29.2 Å². The largest absolute Gasteiger partial charge is 0.351 e. The zero-order valence-corrected chi connectivity index (χ0v) is 16.9. The molecular formula is C20H26N4OS. The number of aromatic nitrogens is 2. The molecule has 6 heteroatoms. The molecule has 26 heavy (non-hydrogen) atoms. The molecule has 5 nitrogen and oxygen atoms in total. The van der Waals surface area contributed by atoms with Crippen molar-refractivity contribution in [3.63, 3.8) is 0 Å². The van der Waals surface area contributed by atoms with Crippen LogP contribution in [0.2, 0.25) is 0 Å². The number of hydrogen-bond donors (Lipinski definition) is 1. The van der Waals surface area contributed by atoms with Gasteiger partial charge in [-0.3, -0.25) is 4.79 Å². The summed E-state index contributed by atoms with van der Waals surface area (Å²) < 4.78 is 1.92. The molecule has 1 amide bonds. The minimum atomic E-state index is -0.0166. The van der Waals surface area contributed by atoms with E-state index in [1.165, 1.54) is 11.3 Å². The van der Waals surface area contributed by atoms with E-state index in [2.05, 4.69) is 29.2 Å². The van der Waals surface area contributed by atoms with Crippen LogP contribution >= 0.6 is 11.3 Å². The predicted octanol–water partition coefficient (Wildman–Crippen LogP) is 3.71. The summed E-state index contributed by atoms with van der Waals surface area (Å²) in [5.41, 5.74) is 1.96. The maximum Gasteiger partial charge on any atom is 0.261 e. The van der Waals surface area contributed by atoms with Crippen LogP contribution < -0.4 is 5.32 Å². The molecule has 0 fully saturated rings. The van der Waals surface area contributed by atoms with Crippen molar-refractivity contribution < 1.29 is 4.79 Å². The summed E-state index contributed by atoms with van der Waals surface area (Å²) in [4.78, 5) is 16.5. The van der Waals surface area contributed by atoms with Crippen LogP contribution in [-0.4, -0.2) is 47.8 Å². The third-order valence-electron chi connectivity index (χ3n) is 4.24. The first-order valence-electron chi connectivity index (χ1n) is 8.74. The number of amides is 1. The van der Waals surface area contributed by atoms with Crippen LogP contribution in [0.3, 0.4) is 0 Å². The molecule has 1 aromatic carbocycles. The van der Waals surface area contributed by atoms with Gasteiger partial charge in [0.25, 0.3) is 5.91 Å². The molecule has 3 aromatic rings. The van der Waals surface area contributed by atoms with Gasteiger partial charge in [-0.25, -0.2) is 4.68 Å². The van der Waals surface area contributed by atoms with E-state index in [1.54, 1.807) is 0 Å². The molecule has 138 valence electrons. The molecule has 0 spiro atoms. The maximum atomic E-state index is 12.7. The topological polar surface area (TPSA) is 50.2 Å². The quantitative estimate of drug-likeness (QED) is 0.720. The molecule has 0 aliphatic heterocycles. The Morgan fingerprint density at radius 3 is 2.62 bits per heavy atom. The van der Waals surface area contributed by atoms with Gasteiger partial charge in [0.05, 0.1) is 16.3 Å². The van der Waals surface area contributed by atoms with Crippen LogP contribution in [-0.2, 0) is 0 Å². The van der Waals surface area contributed by atoms with Gasteiger partial charge in [0.15, 0.2) is 0 Å². The lowest BCUT2D eigenvalue weighted by atomic mass is 9.93. The van der Waals surface area contributed by atoms with Gasteiger partial charge in [0.1, 0.15) is 4.83 Å². The summed E-state index contributed by atoms with van der Waals surface area (Å²) in [5, 5.41) is 8.76. The highest BCUT2D eigenvalue weighted by molar-refractivity contribution is 7.20. The third-order valence-corrected chi connectivity index (χ3v) is 5.35. The number of nitrogens with zero attached hydrogens (tertiary/aromatic N) is 3. The second-order valence-electron chi connectivity index (χ2n) is 7.75. The summed E-state index contributed by atoms with van der Waals surface area (Å²) in [7, 11) is 4.10. The van der Waals surface area contributed by atoms with Crippen LogP contribution in [0.4, 0.5) is 0 Å². The molecular weight excluding hydrogens is 344 g/mol. The Bertz CT molecular complexity index is 909. The highest BCUT2D eigenvalue weighted by Gasteiger charge is 2.22. The molecule has 0 saturated carbocycles. The zero-order valence-electron chi connectivity index (χ0n) is 16.0. The number of benzene rings is 1. The van der Waals surface area contributed by atoms with E-state index in [0.29, 0.717) is 6.54 Å². The first-order valence-corrected chi connectivity index (χ1v) is 9.56. The Labute approximate surface area is 158 Å². The average molecular weight is 371 g/mol. The predicted molar refractivity (Wildman–Crippen MR) is 108 cm³/mol. The number of thiophene rings is 1. The van der Waals surface area contributed by atoms with Gasteiger partial charge in [-0.15, -0.1) is 11.3 Å². The van der Waals surface area contributed by atoms with Crippen molar-refractivity contribution in [2.45, 2.75) is 20.8 Å². The summed E-state index contributed by atoms with van der Waals surface area (Å²) in [6, 6.07) is 12.0. The van der Waals surface area contributed by atoms with Gasteiger partial charge < -0.3 is 10.2 Å². The van der Waals surface area contributed by atoms with Gasteiger partial charge in [-0.1, -0.05) is 32.0 Å². The minimum Gasteiger partial charge on any atom is -0.351 e. The minimum absolute atomic E-state index is 0.0166. The van der Waals surface area contributed by atoms with Crippen molar-refractivity contribution in [3.8, 4) is 5.69 Å². The summed E-state index contributed by atoms with van der Waals surface area (Å²) in [6.45, 7) is 7.87. The van der Waals surface area contributed by atoms with Crippen molar-refractivity contribution in [2.75, 3.05) is 27.2 Å². The van der Waals surface area contributed by atoms with Crippen molar-refractivity contribution >= 4 is 27.5 Å². The first-order chi connectivity index (χ1) is 12.3. The molecule has 0 radical (unpaired) electrons. The molecule has 0 aliphatic rings. The van der Waals surface area contributed by atoms with E-state index < -0.39 is 0 Å². The fourth-order valence-electron chi connectivity index (χ4n) is 3.22. The SMILES string of the molecule is Cc1nn(-c2ccccc2)c2sc(C(=O)NCC(C)(C)CN(C)C)cc12. The van der Waals surface area contributed by atoms with E-state index >= 15 is 0 Å². The number of nitrogens with one attached hydrogen (secondary N) is 1. The van der Waals surface area contributed by atoms with Crippen LogP contribution in [0.5, 0.6) is 0 Å². The standard InChI is InChI=1S/C20H26N4OS/c1-14-16-11-17(18(25)21-12-20(2,3)13-23(4)5)26-19(16)24(22-14)15-9-7-6-8-10-15/h6-11H,12-13H2,1-5H3,(H,21,25). The van der Waals surface area contributed by atoms with Crippen LogP contribution in [0, 0.1) is 12.3 Å². The monoisotopic (exact) mass is 370 g/mol. The number of rotatable bonds is 6. The second-order valence-corrected chi connectivity index (χ2v) is 8.78. The van der Waals surface area contributed by atoms with Gasteiger partial charge in [-0.05, 0) is 44.6 Å². The summed E-state index contributed by atoms with van der Waals surface area (Å²) in [6.07, 6.45) is 0. The smallest absolute Gasteiger partial charge is 0.261 e. The molecule has 0 atom stereocenters. The van der Waals surface area contributed by atoms with Crippen molar-refractivity contribution in [1.29, 1.82) is 0 Å². The van der Waals surface area contributed by atoms with Gasteiger partial charge in [0.2, 0.25) is 0 Å². The van der Waals surface area contributed by atoms with E-state index in [9.17, 15) is 4.79 Å². The Kier molecular flexibility index (Phi) is 5.16. The number of para-hydroxylation sites is 1. The Morgan fingerprint density at radius 2 is 1.96 bits per heavy atom. The number of carbonyl (C=O) groups excluding carboxylic acids is 1. The summed E-state index contributed by atoms with van der Waals surface area (Å²) in [5.74, 6) is -0.0166. The number of fused-ring (bicyclic) bond motifs is 1. The lowest BCUT2D eigenvalue weighted by Gasteiger charge is -2.28. The van der Waals surface area contributed by atoms with Gasteiger partial charge in [0, 0.05) is 18.5 Å². The molecule has 2 heterocycles. The zero-order chi connectivity index (χ0) is 18.9. The Morgan fingerprint density at radius 1 is 1.27 bits per heavy atom. The Hall–Kier alpha value is -2.18. The van der Waals surface area contributed by atoms with Gasteiger partial charge >= 0.3 is 0 Å². The maximum absolute atomic E-state index is 12.7. The number of aryl methyl sites for hydroxylation is 1. The summed E-state index contributed by atoms with van der Waals surface area (Å²) >= 11 is 1.49. The lowest BCUT2D eigenvalue weighted by Crippen LogP contribution is -2.39. The number of carbonyl (C=O) groups is 1. The Balaban J connectivity index is 1.82. The highest BCUT2D eigenvalue weighted by Crippen LogP contribution is 2.30. The van der Waals surface area contributed by atoms with E-state index in [1.807, 2.05) is 62.1 Å². The third kappa shape index (κ3) is 3.97. The molecule has 3 rings (SSSR count). The average Bonchev–Trinajstić information content (AvgIpc) is 3.13. The molecule has 0 bridgehead atoms. The van der Waals surface area contributed by atoms with E-state index in [0.717, 1.165) is 33.0 Å². The van der Waals surface area contributed by atoms with E-state index in [4.69, 9.17) is 0 Å². The molecule has 0 saturated heterocycles. The normalized spacial score (nSPS) is 12.1. The van der Waals surface area contributed by atoms with Crippen molar-refractivity contribution in [1.82, 2.24) is 20.0 Å². The van der Waals surface area contributed by atoms with E-state index in [-0.39, 0.29) is 11.3 Å². The fourth-order valence-corrected chi connectivity index (χ4v) is 4.32. The molecule has 1 N–H and O–H groups in total. The van der Waals surface area contributed by atoms with Crippen LogP contribution in [0.15, 0.2) is 36.4 Å². The molecule has 2 aromatic heterocycles. The van der Waals surface area contributed by atoms with Crippen LogP contribution in [0.25, 0.3) is 15.9 Å². The van der Waals surface area contributed by atoms with Gasteiger partial charge in [-0.2, -0.15) is 5.10 Å². The first kappa shape index (κ1) is 18.6. The number of hydrogen-bond acceptors (Lipinski definition) is 4. The van der Waals surface area contributed by atoms with Crippen molar-refractivity contribution in [2.24, 2.45) is 5.41 Å². The lowest BCUT2D eigenvalue weighted by molar-refractivity contribution is 0.0933. The molecule has 0 aliphatic carbocycles. The highest BCUT2D eigenvalue weighted by atomic mass is 32.1. The molecule has 0 unspecified atom stereocenters.